The van der Waals surface area contributed by atoms with Gasteiger partial charge in [-0.2, -0.15) is 0 Å². The van der Waals surface area contributed by atoms with Crippen LogP contribution in [0.15, 0.2) is 48.5 Å². The predicted molar refractivity (Wildman–Crippen MR) is 92.2 cm³/mol. The second kappa shape index (κ2) is 7.29. The first kappa shape index (κ1) is 15.6. The number of anilines is 1. The fourth-order valence-electron chi connectivity index (χ4n) is 1.90. The van der Waals surface area contributed by atoms with Crippen molar-refractivity contribution < 1.29 is 4.74 Å². The first-order chi connectivity index (χ1) is 10.1. The van der Waals surface area contributed by atoms with Crippen molar-refractivity contribution in [3.8, 4) is 5.75 Å². The Morgan fingerprint density at radius 2 is 1.90 bits per heavy atom. The maximum atomic E-state index is 6.00. The van der Waals surface area contributed by atoms with Gasteiger partial charge in [0.15, 0.2) is 5.11 Å². The fraction of sp³-hybridized carbons (Fsp3) is 0.188. The lowest BCUT2D eigenvalue weighted by Gasteiger charge is -2.17. The molecule has 0 fully saturated rings. The average Bonchev–Trinajstić information content (AvgIpc) is 2.48. The topological polar surface area (TPSA) is 33.3 Å². The summed E-state index contributed by atoms with van der Waals surface area (Å²) in [5, 5.41) is 7.65. The monoisotopic (exact) mass is 320 g/mol. The highest BCUT2D eigenvalue weighted by Gasteiger charge is 2.07. The molecule has 0 saturated heterocycles. The van der Waals surface area contributed by atoms with E-state index in [4.69, 9.17) is 28.6 Å². The molecule has 0 aromatic heterocycles. The van der Waals surface area contributed by atoms with E-state index < -0.39 is 0 Å². The Balaban J connectivity index is 1.94. The Morgan fingerprint density at radius 1 is 1.19 bits per heavy atom. The number of benzene rings is 2. The largest absolute Gasteiger partial charge is 0.497 e. The van der Waals surface area contributed by atoms with E-state index in [1.54, 1.807) is 7.11 Å². The number of hydrogen-bond acceptors (Lipinski definition) is 2. The smallest absolute Gasteiger partial charge is 0.171 e. The van der Waals surface area contributed by atoms with Gasteiger partial charge >= 0.3 is 0 Å². The van der Waals surface area contributed by atoms with Crippen LogP contribution in [0.1, 0.15) is 18.5 Å². The molecule has 0 radical (unpaired) electrons. The van der Waals surface area contributed by atoms with Gasteiger partial charge in [0.05, 0.1) is 13.2 Å². The second-order valence-corrected chi connectivity index (χ2v) is 5.45. The van der Waals surface area contributed by atoms with Crippen LogP contribution in [0.3, 0.4) is 0 Å². The van der Waals surface area contributed by atoms with Crippen LogP contribution in [0, 0.1) is 0 Å². The van der Waals surface area contributed by atoms with Crippen LogP contribution >= 0.6 is 23.8 Å². The van der Waals surface area contributed by atoms with Gasteiger partial charge in [-0.05, 0) is 61.1 Å². The first-order valence-electron chi connectivity index (χ1n) is 6.55. The normalized spacial score (nSPS) is 11.6. The van der Waals surface area contributed by atoms with E-state index in [0.717, 1.165) is 22.0 Å². The summed E-state index contributed by atoms with van der Waals surface area (Å²) in [7, 11) is 1.64. The minimum atomic E-state index is 0.0712. The summed E-state index contributed by atoms with van der Waals surface area (Å²) in [5.41, 5.74) is 1.99. The standard InChI is InChI=1S/C16H17ClN2OS/c1-11(12-4-3-5-13(17)10-12)18-16(21)19-14-6-8-15(20-2)9-7-14/h3-11H,1-2H3,(H2,18,19,21)/t11-/m0/s1. The molecular weight excluding hydrogens is 304 g/mol. The van der Waals surface area contributed by atoms with E-state index in [1.807, 2.05) is 55.5 Å². The van der Waals surface area contributed by atoms with E-state index in [0.29, 0.717) is 5.11 Å². The van der Waals surface area contributed by atoms with Gasteiger partial charge in [0.25, 0.3) is 0 Å². The van der Waals surface area contributed by atoms with E-state index in [9.17, 15) is 0 Å². The van der Waals surface area contributed by atoms with Gasteiger partial charge < -0.3 is 15.4 Å². The lowest BCUT2D eigenvalue weighted by molar-refractivity contribution is 0.415. The number of halogens is 1. The Hall–Kier alpha value is -1.78. The number of nitrogens with one attached hydrogen (secondary N) is 2. The molecule has 0 aliphatic heterocycles. The minimum absolute atomic E-state index is 0.0712. The number of thiocarbonyl (C=S) groups is 1. The van der Waals surface area contributed by atoms with Crippen molar-refractivity contribution in [3.05, 3.63) is 59.1 Å². The lowest BCUT2D eigenvalue weighted by atomic mass is 10.1. The average molecular weight is 321 g/mol. The van der Waals surface area contributed by atoms with Crippen LogP contribution in [0.25, 0.3) is 0 Å². The molecule has 0 amide bonds. The van der Waals surface area contributed by atoms with Crippen LogP contribution in [-0.2, 0) is 0 Å². The van der Waals surface area contributed by atoms with Gasteiger partial charge in [0.2, 0.25) is 0 Å². The third-order valence-corrected chi connectivity index (χ3v) is 3.50. The van der Waals surface area contributed by atoms with Gasteiger partial charge in [0.1, 0.15) is 5.75 Å². The molecule has 0 aliphatic carbocycles. The zero-order valence-corrected chi connectivity index (χ0v) is 13.5. The Labute approximate surface area is 135 Å². The molecule has 0 heterocycles. The van der Waals surface area contributed by atoms with E-state index >= 15 is 0 Å². The summed E-state index contributed by atoms with van der Waals surface area (Å²) in [6, 6.07) is 15.4. The Morgan fingerprint density at radius 3 is 2.52 bits per heavy atom. The molecule has 0 spiro atoms. The summed E-state index contributed by atoms with van der Waals surface area (Å²) in [6.07, 6.45) is 0. The number of ether oxygens (including phenoxy) is 1. The lowest BCUT2D eigenvalue weighted by Crippen LogP contribution is -2.30. The number of methoxy groups -OCH3 is 1. The van der Waals surface area contributed by atoms with Crippen molar-refractivity contribution >= 4 is 34.6 Å². The summed E-state index contributed by atoms with van der Waals surface area (Å²) in [6.45, 7) is 2.04. The highest BCUT2D eigenvalue weighted by atomic mass is 35.5. The van der Waals surface area contributed by atoms with Gasteiger partial charge in [0, 0.05) is 10.7 Å². The van der Waals surface area contributed by atoms with Crippen LogP contribution in [-0.4, -0.2) is 12.2 Å². The van der Waals surface area contributed by atoms with E-state index in [1.165, 1.54) is 0 Å². The van der Waals surface area contributed by atoms with E-state index in [2.05, 4.69) is 10.6 Å². The van der Waals surface area contributed by atoms with Crippen LogP contribution in [0.5, 0.6) is 5.75 Å². The molecule has 2 rings (SSSR count). The highest BCUT2D eigenvalue weighted by Crippen LogP contribution is 2.18. The molecule has 5 heteroatoms. The number of rotatable bonds is 4. The van der Waals surface area contributed by atoms with Crippen LogP contribution in [0.2, 0.25) is 5.02 Å². The molecule has 1 atom stereocenters. The van der Waals surface area contributed by atoms with Gasteiger partial charge in [-0.25, -0.2) is 0 Å². The molecule has 0 unspecified atom stereocenters. The third kappa shape index (κ3) is 4.62. The zero-order chi connectivity index (χ0) is 15.2. The minimum Gasteiger partial charge on any atom is -0.497 e. The van der Waals surface area contributed by atoms with Crippen molar-refractivity contribution in [2.75, 3.05) is 12.4 Å². The SMILES string of the molecule is COc1ccc(NC(=S)N[C@@H](C)c2cccc(Cl)c2)cc1. The van der Waals surface area contributed by atoms with Crippen LogP contribution < -0.4 is 15.4 Å². The van der Waals surface area contributed by atoms with Crippen molar-refractivity contribution in [2.45, 2.75) is 13.0 Å². The number of hydrogen-bond donors (Lipinski definition) is 2. The predicted octanol–water partition coefficient (Wildman–Crippen LogP) is 4.40. The molecule has 21 heavy (non-hydrogen) atoms. The molecule has 2 aromatic rings. The molecule has 110 valence electrons. The molecule has 0 saturated carbocycles. The fourth-order valence-corrected chi connectivity index (χ4v) is 2.39. The molecule has 2 aromatic carbocycles. The molecular formula is C16H17ClN2OS. The van der Waals surface area contributed by atoms with Crippen molar-refractivity contribution in [1.29, 1.82) is 0 Å². The highest BCUT2D eigenvalue weighted by molar-refractivity contribution is 7.80. The quantitative estimate of drug-likeness (QED) is 0.818. The summed E-state index contributed by atoms with van der Waals surface area (Å²) in [5.74, 6) is 0.812. The summed E-state index contributed by atoms with van der Waals surface area (Å²) in [4.78, 5) is 0. The summed E-state index contributed by atoms with van der Waals surface area (Å²) < 4.78 is 5.12. The van der Waals surface area contributed by atoms with Crippen molar-refractivity contribution in [2.24, 2.45) is 0 Å². The van der Waals surface area contributed by atoms with Gasteiger partial charge in [-0.15, -0.1) is 0 Å². The van der Waals surface area contributed by atoms with Crippen LogP contribution in [0.4, 0.5) is 5.69 Å². The zero-order valence-electron chi connectivity index (χ0n) is 11.9. The third-order valence-electron chi connectivity index (χ3n) is 3.04. The van der Waals surface area contributed by atoms with E-state index in [-0.39, 0.29) is 6.04 Å². The maximum Gasteiger partial charge on any atom is 0.171 e. The van der Waals surface area contributed by atoms with Gasteiger partial charge in [-0.3, -0.25) is 0 Å². The second-order valence-electron chi connectivity index (χ2n) is 4.60. The molecule has 0 aliphatic rings. The van der Waals surface area contributed by atoms with Gasteiger partial charge in [-0.1, -0.05) is 23.7 Å². The Kier molecular flexibility index (Phi) is 5.42. The van der Waals surface area contributed by atoms with Crippen molar-refractivity contribution in [3.63, 3.8) is 0 Å². The maximum absolute atomic E-state index is 6.00. The summed E-state index contributed by atoms with van der Waals surface area (Å²) >= 11 is 11.3. The Bertz CT molecular complexity index is 616. The van der Waals surface area contributed by atoms with Crippen molar-refractivity contribution in [1.82, 2.24) is 5.32 Å². The first-order valence-corrected chi connectivity index (χ1v) is 7.34. The molecule has 2 N–H and O–H groups in total. The molecule has 0 bridgehead atoms. The molecule has 3 nitrogen and oxygen atoms in total.